The number of nitrogens with zero attached hydrogens (tertiary/aromatic N) is 1. The monoisotopic (exact) mass is 409 g/mol. The maximum absolute atomic E-state index is 10.5. The molecule has 3 heteroatoms. The summed E-state index contributed by atoms with van der Waals surface area (Å²) in [5.41, 5.74) is 3.71. The van der Waals surface area contributed by atoms with Crippen molar-refractivity contribution in [3.05, 3.63) is 108 Å². The Labute approximate surface area is 164 Å². The number of alkyl halides is 1. The van der Waals surface area contributed by atoms with E-state index in [0.717, 1.165) is 19.5 Å². The third-order valence-corrected chi connectivity index (χ3v) is 5.14. The number of benzene rings is 3. The number of hydrogen-bond acceptors (Lipinski definition) is 2. The molecule has 3 aromatic rings. The minimum atomic E-state index is -0.602. The fourth-order valence-corrected chi connectivity index (χ4v) is 3.70. The molecule has 0 aliphatic carbocycles. The molecule has 0 radical (unpaired) electrons. The van der Waals surface area contributed by atoms with Gasteiger partial charge in [0, 0.05) is 13.1 Å². The van der Waals surface area contributed by atoms with Crippen molar-refractivity contribution >= 4 is 15.9 Å². The van der Waals surface area contributed by atoms with Gasteiger partial charge in [-0.15, -0.1) is 0 Å². The highest BCUT2D eigenvalue weighted by Gasteiger charge is 2.25. The highest BCUT2D eigenvalue weighted by molar-refractivity contribution is 9.09. The highest BCUT2D eigenvalue weighted by Crippen LogP contribution is 2.21. The van der Waals surface area contributed by atoms with Gasteiger partial charge in [-0.1, -0.05) is 107 Å². The SMILES string of the molecule is OC(Br)[C@H](Cc1ccccc1)N(Cc1ccccc1)Cc1ccccc1. The van der Waals surface area contributed by atoms with Crippen LogP contribution in [0.25, 0.3) is 0 Å². The molecule has 134 valence electrons. The molecule has 0 aliphatic heterocycles. The van der Waals surface area contributed by atoms with Crippen LogP contribution in [-0.2, 0) is 19.5 Å². The normalized spacial score (nSPS) is 13.5. The predicted molar refractivity (Wildman–Crippen MR) is 111 cm³/mol. The molecule has 0 saturated carbocycles. The van der Waals surface area contributed by atoms with Crippen LogP contribution in [0.5, 0.6) is 0 Å². The summed E-state index contributed by atoms with van der Waals surface area (Å²) >= 11 is 3.44. The molecule has 0 aromatic heterocycles. The number of rotatable bonds is 8. The summed E-state index contributed by atoms with van der Waals surface area (Å²) in [4.78, 5) is 2.34. The second kappa shape index (κ2) is 9.67. The molecule has 0 spiro atoms. The fourth-order valence-electron chi connectivity index (χ4n) is 3.18. The van der Waals surface area contributed by atoms with Gasteiger partial charge in [-0.2, -0.15) is 0 Å². The average Bonchev–Trinajstić information content (AvgIpc) is 2.68. The Hall–Kier alpha value is -1.94. The number of aliphatic hydroxyl groups is 1. The number of hydrogen-bond donors (Lipinski definition) is 1. The van der Waals surface area contributed by atoms with Gasteiger partial charge in [-0.3, -0.25) is 4.90 Å². The van der Waals surface area contributed by atoms with Crippen molar-refractivity contribution < 1.29 is 5.11 Å². The summed E-state index contributed by atoms with van der Waals surface area (Å²) in [7, 11) is 0. The van der Waals surface area contributed by atoms with Gasteiger partial charge >= 0.3 is 0 Å². The molecule has 2 nitrogen and oxygen atoms in total. The van der Waals surface area contributed by atoms with E-state index in [1.165, 1.54) is 16.7 Å². The second-order valence-corrected chi connectivity index (χ2v) is 7.44. The van der Waals surface area contributed by atoms with Gasteiger partial charge in [-0.25, -0.2) is 0 Å². The molecule has 0 aliphatic rings. The molecular formula is C23H24BrNO. The maximum atomic E-state index is 10.5. The van der Waals surface area contributed by atoms with E-state index in [4.69, 9.17) is 0 Å². The van der Waals surface area contributed by atoms with E-state index in [9.17, 15) is 5.11 Å². The lowest BCUT2D eigenvalue weighted by molar-refractivity contribution is 0.0934. The topological polar surface area (TPSA) is 23.5 Å². The first-order valence-electron chi connectivity index (χ1n) is 8.90. The first-order chi connectivity index (χ1) is 12.7. The van der Waals surface area contributed by atoms with Crippen LogP contribution >= 0.6 is 15.9 Å². The van der Waals surface area contributed by atoms with Gasteiger partial charge < -0.3 is 5.11 Å². The lowest BCUT2D eigenvalue weighted by atomic mass is 10.0. The first-order valence-corrected chi connectivity index (χ1v) is 9.82. The minimum Gasteiger partial charge on any atom is -0.380 e. The molecule has 1 N–H and O–H groups in total. The summed E-state index contributed by atoms with van der Waals surface area (Å²) in [6.07, 6.45) is 0.785. The fraction of sp³-hybridized carbons (Fsp3) is 0.217. The standard InChI is InChI=1S/C23H24BrNO/c24-23(26)22(16-19-10-4-1-5-11-19)25(17-20-12-6-2-7-13-20)18-21-14-8-3-9-15-21/h1-15,22-23,26H,16-18H2/t22-,23?/m0/s1. The summed E-state index contributed by atoms with van der Waals surface area (Å²) < 4.78 is 0. The summed E-state index contributed by atoms with van der Waals surface area (Å²) in [6, 6.07) is 31.2. The smallest absolute Gasteiger partial charge is 0.124 e. The van der Waals surface area contributed by atoms with E-state index in [1.54, 1.807) is 0 Å². The van der Waals surface area contributed by atoms with Gasteiger partial charge in [0.25, 0.3) is 0 Å². The van der Waals surface area contributed by atoms with E-state index >= 15 is 0 Å². The predicted octanol–water partition coefficient (Wildman–Crippen LogP) is 5.01. The molecule has 0 amide bonds. The average molecular weight is 410 g/mol. The Kier molecular flexibility index (Phi) is 7.01. The van der Waals surface area contributed by atoms with E-state index < -0.39 is 5.01 Å². The van der Waals surface area contributed by atoms with Crippen molar-refractivity contribution in [2.45, 2.75) is 30.6 Å². The zero-order chi connectivity index (χ0) is 18.2. The number of halogens is 1. The van der Waals surface area contributed by atoms with Crippen LogP contribution in [0.1, 0.15) is 16.7 Å². The quantitative estimate of drug-likeness (QED) is 0.528. The molecule has 3 rings (SSSR count). The third kappa shape index (κ3) is 5.53. The Bertz CT molecular complexity index is 720. The van der Waals surface area contributed by atoms with Crippen molar-refractivity contribution in [2.75, 3.05) is 0 Å². The van der Waals surface area contributed by atoms with E-state index in [1.807, 2.05) is 30.3 Å². The van der Waals surface area contributed by atoms with Crippen LogP contribution < -0.4 is 0 Å². The van der Waals surface area contributed by atoms with Crippen LogP contribution in [0.15, 0.2) is 91.0 Å². The van der Waals surface area contributed by atoms with Crippen LogP contribution in [0.3, 0.4) is 0 Å². The zero-order valence-corrected chi connectivity index (χ0v) is 16.3. The van der Waals surface area contributed by atoms with Crippen LogP contribution in [0, 0.1) is 0 Å². The van der Waals surface area contributed by atoms with Crippen molar-refractivity contribution in [2.24, 2.45) is 0 Å². The Morgan fingerprint density at radius 1 is 0.654 bits per heavy atom. The lowest BCUT2D eigenvalue weighted by Gasteiger charge is -2.33. The molecule has 1 unspecified atom stereocenters. The summed E-state index contributed by atoms with van der Waals surface area (Å²) in [5.74, 6) is 0. The number of aliphatic hydroxyl groups excluding tert-OH is 1. The van der Waals surface area contributed by atoms with Gasteiger partial charge in [0.2, 0.25) is 0 Å². The zero-order valence-electron chi connectivity index (χ0n) is 14.7. The molecule has 0 heterocycles. The highest BCUT2D eigenvalue weighted by atomic mass is 79.9. The Morgan fingerprint density at radius 3 is 1.42 bits per heavy atom. The van der Waals surface area contributed by atoms with E-state index in [2.05, 4.69) is 81.5 Å². The van der Waals surface area contributed by atoms with Crippen molar-refractivity contribution in [1.82, 2.24) is 4.90 Å². The van der Waals surface area contributed by atoms with Crippen molar-refractivity contribution in [1.29, 1.82) is 0 Å². The van der Waals surface area contributed by atoms with Gasteiger partial charge in [0.05, 0.1) is 6.04 Å². The first kappa shape index (κ1) is 18.8. The minimum absolute atomic E-state index is 0.0298. The molecule has 3 aromatic carbocycles. The summed E-state index contributed by atoms with van der Waals surface area (Å²) in [5, 5.41) is 9.87. The lowest BCUT2D eigenvalue weighted by Crippen LogP contribution is -2.42. The van der Waals surface area contributed by atoms with E-state index in [0.29, 0.717) is 0 Å². The maximum Gasteiger partial charge on any atom is 0.124 e. The largest absolute Gasteiger partial charge is 0.380 e. The van der Waals surface area contributed by atoms with Crippen LogP contribution in [0.2, 0.25) is 0 Å². The van der Waals surface area contributed by atoms with Gasteiger partial charge in [-0.05, 0) is 23.1 Å². The molecule has 26 heavy (non-hydrogen) atoms. The molecule has 0 saturated heterocycles. The molecule has 0 bridgehead atoms. The van der Waals surface area contributed by atoms with Crippen molar-refractivity contribution in [3.8, 4) is 0 Å². The Morgan fingerprint density at radius 2 is 1.04 bits per heavy atom. The summed E-state index contributed by atoms with van der Waals surface area (Å²) in [6.45, 7) is 1.58. The second-order valence-electron chi connectivity index (χ2n) is 6.51. The van der Waals surface area contributed by atoms with Crippen LogP contribution in [0.4, 0.5) is 0 Å². The van der Waals surface area contributed by atoms with Gasteiger partial charge in [0.1, 0.15) is 5.01 Å². The molecule has 2 atom stereocenters. The van der Waals surface area contributed by atoms with Gasteiger partial charge in [0.15, 0.2) is 0 Å². The van der Waals surface area contributed by atoms with E-state index in [-0.39, 0.29) is 6.04 Å². The molecule has 0 fully saturated rings. The van der Waals surface area contributed by atoms with Crippen LogP contribution in [-0.4, -0.2) is 21.1 Å². The molecular weight excluding hydrogens is 386 g/mol. The third-order valence-electron chi connectivity index (χ3n) is 4.53. The van der Waals surface area contributed by atoms with Crippen molar-refractivity contribution in [3.63, 3.8) is 0 Å². The Balaban J connectivity index is 1.85.